The van der Waals surface area contributed by atoms with E-state index in [0.29, 0.717) is 6.54 Å². The minimum absolute atomic E-state index is 0.0663. The first-order valence-electron chi connectivity index (χ1n) is 10.2. The number of benzene rings is 2. The second kappa shape index (κ2) is 8.65. The Labute approximate surface area is 166 Å². The van der Waals surface area contributed by atoms with Crippen LogP contribution < -0.4 is 4.90 Å². The number of likely N-dealkylation sites (tertiary alicyclic amines) is 1. The number of amides is 1. The van der Waals surface area contributed by atoms with Gasteiger partial charge >= 0.3 is 6.09 Å². The van der Waals surface area contributed by atoms with Gasteiger partial charge < -0.3 is 14.7 Å². The van der Waals surface area contributed by atoms with E-state index in [1.807, 2.05) is 0 Å². The Bertz CT molecular complexity index is 770. The normalized spacial score (nSPS) is 21.1. The molecule has 148 valence electrons. The van der Waals surface area contributed by atoms with E-state index in [4.69, 9.17) is 4.74 Å². The van der Waals surface area contributed by atoms with Crippen LogP contribution in [0.2, 0.25) is 0 Å². The van der Waals surface area contributed by atoms with Crippen LogP contribution in [-0.2, 0) is 11.2 Å². The Morgan fingerprint density at radius 1 is 1.00 bits per heavy atom. The topological polar surface area (TPSA) is 53.0 Å². The predicted molar refractivity (Wildman–Crippen MR) is 110 cm³/mol. The molecule has 0 radical (unpaired) electrons. The maximum Gasteiger partial charge on any atom is 0.414 e. The summed E-state index contributed by atoms with van der Waals surface area (Å²) >= 11 is 0. The zero-order chi connectivity index (χ0) is 19.3. The standard InChI is InChI=1S/C23H28N2O3/c26-21-8-6-20(7-9-21)25-17-22(28-23(25)27)12-15-24-13-10-19(11-14-24)16-18-4-2-1-3-5-18/h1-9,19,22,26H,10-17H2. The predicted octanol–water partition coefficient (Wildman–Crippen LogP) is 4.06. The van der Waals surface area contributed by atoms with E-state index in [0.717, 1.165) is 37.7 Å². The molecule has 0 saturated carbocycles. The molecule has 0 aliphatic carbocycles. The number of hydrogen-bond donors (Lipinski definition) is 1. The van der Waals surface area contributed by atoms with E-state index in [2.05, 4.69) is 35.2 Å². The SMILES string of the molecule is O=C1OC(CCN2CCC(Cc3ccccc3)CC2)CN1c1ccc(O)cc1. The summed E-state index contributed by atoms with van der Waals surface area (Å²) in [6, 6.07) is 17.4. The lowest BCUT2D eigenvalue weighted by molar-refractivity contribution is 0.116. The highest BCUT2D eigenvalue weighted by Gasteiger charge is 2.32. The zero-order valence-electron chi connectivity index (χ0n) is 16.2. The molecule has 2 aromatic carbocycles. The molecule has 4 rings (SSSR count). The highest BCUT2D eigenvalue weighted by molar-refractivity contribution is 5.89. The molecule has 0 bridgehead atoms. The van der Waals surface area contributed by atoms with Crippen LogP contribution in [0, 0.1) is 5.92 Å². The summed E-state index contributed by atoms with van der Waals surface area (Å²) in [5.41, 5.74) is 2.21. The number of piperidine rings is 1. The minimum Gasteiger partial charge on any atom is -0.508 e. The van der Waals surface area contributed by atoms with Crippen LogP contribution in [0.1, 0.15) is 24.8 Å². The van der Waals surface area contributed by atoms with Gasteiger partial charge in [-0.3, -0.25) is 4.90 Å². The highest BCUT2D eigenvalue weighted by Crippen LogP contribution is 2.26. The Balaban J connectivity index is 1.20. The number of rotatable bonds is 6. The third-order valence-electron chi connectivity index (χ3n) is 5.88. The lowest BCUT2D eigenvalue weighted by atomic mass is 9.90. The number of aromatic hydroxyl groups is 1. The summed E-state index contributed by atoms with van der Waals surface area (Å²) in [6.07, 6.45) is 4.15. The number of nitrogens with zero attached hydrogens (tertiary/aromatic N) is 2. The number of phenolic OH excluding ortho intramolecular Hbond substituents is 1. The van der Waals surface area contributed by atoms with E-state index in [1.165, 1.54) is 24.8 Å². The number of hydrogen-bond acceptors (Lipinski definition) is 4. The average Bonchev–Trinajstić information content (AvgIpc) is 3.09. The fourth-order valence-electron chi connectivity index (χ4n) is 4.20. The summed E-state index contributed by atoms with van der Waals surface area (Å²) in [6.45, 7) is 3.80. The highest BCUT2D eigenvalue weighted by atomic mass is 16.6. The first-order valence-corrected chi connectivity index (χ1v) is 10.2. The van der Waals surface area contributed by atoms with Gasteiger partial charge in [0, 0.05) is 12.2 Å². The Hall–Kier alpha value is -2.53. The fourth-order valence-corrected chi connectivity index (χ4v) is 4.20. The molecule has 0 spiro atoms. The van der Waals surface area contributed by atoms with Crippen molar-refractivity contribution in [3.8, 4) is 5.75 Å². The number of carbonyl (C=O) groups excluding carboxylic acids is 1. The van der Waals surface area contributed by atoms with Gasteiger partial charge in [0.15, 0.2) is 0 Å². The Kier molecular flexibility index (Phi) is 5.81. The smallest absolute Gasteiger partial charge is 0.414 e. The van der Waals surface area contributed by atoms with Crippen LogP contribution in [0.5, 0.6) is 5.75 Å². The van der Waals surface area contributed by atoms with E-state index in [-0.39, 0.29) is 17.9 Å². The van der Waals surface area contributed by atoms with Gasteiger partial charge in [-0.2, -0.15) is 0 Å². The first kappa shape index (κ1) is 18.8. The van der Waals surface area contributed by atoms with Crippen molar-refractivity contribution in [2.75, 3.05) is 31.1 Å². The first-order chi connectivity index (χ1) is 13.7. The maximum absolute atomic E-state index is 12.2. The monoisotopic (exact) mass is 380 g/mol. The molecule has 2 saturated heterocycles. The summed E-state index contributed by atoms with van der Waals surface area (Å²) in [4.78, 5) is 16.3. The van der Waals surface area contributed by atoms with Crippen molar-refractivity contribution in [3.05, 3.63) is 60.2 Å². The second-order valence-corrected chi connectivity index (χ2v) is 7.90. The van der Waals surface area contributed by atoms with Crippen LogP contribution in [0.15, 0.2) is 54.6 Å². The van der Waals surface area contributed by atoms with Crippen molar-refractivity contribution in [1.82, 2.24) is 4.90 Å². The van der Waals surface area contributed by atoms with Gasteiger partial charge in [-0.1, -0.05) is 30.3 Å². The lowest BCUT2D eigenvalue weighted by Crippen LogP contribution is -2.36. The molecule has 2 fully saturated rings. The molecule has 2 heterocycles. The van der Waals surface area contributed by atoms with Gasteiger partial charge in [-0.15, -0.1) is 0 Å². The lowest BCUT2D eigenvalue weighted by Gasteiger charge is -2.32. The summed E-state index contributed by atoms with van der Waals surface area (Å²) in [7, 11) is 0. The van der Waals surface area contributed by atoms with Gasteiger partial charge in [0.1, 0.15) is 11.9 Å². The quantitative estimate of drug-likeness (QED) is 0.821. The number of anilines is 1. The molecule has 1 N–H and O–H groups in total. The number of cyclic esters (lactones) is 1. The van der Waals surface area contributed by atoms with Crippen molar-refractivity contribution < 1.29 is 14.6 Å². The molecule has 5 nitrogen and oxygen atoms in total. The zero-order valence-corrected chi connectivity index (χ0v) is 16.2. The van der Waals surface area contributed by atoms with Crippen LogP contribution in [0.25, 0.3) is 0 Å². The minimum atomic E-state index is -0.294. The van der Waals surface area contributed by atoms with Gasteiger partial charge in [0.05, 0.1) is 6.54 Å². The van der Waals surface area contributed by atoms with Crippen molar-refractivity contribution >= 4 is 11.8 Å². The molecule has 1 atom stereocenters. The van der Waals surface area contributed by atoms with Crippen LogP contribution in [-0.4, -0.2) is 48.4 Å². The van der Waals surface area contributed by atoms with E-state index in [1.54, 1.807) is 29.2 Å². The van der Waals surface area contributed by atoms with Gasteiger partial charge in [0.2, 0.25) is 0 Å². The van der Waals surface area contributed by atoms with E-state index >= 15 is 0 Å². The summed E-state index contributed by atoms with van der Waals surface area (Å²) < 4.78 is 5.55. The number of ether oxygens (including phenoxy) is 1. The van der Waals surface area contributed by atoms with Crippen molar-refractivity contribution in [3.63, 3.8) is 0 Å². The van der Waals surface area contributed by atoms with Crippen molar-refractivity contribution in [1.29, 1.82) is 0 Å². The third kappa shape index (κ3) is 4.65. The molecule has 28 heavy (non-hydrogen) atoms. The van der Waals surface area contributed by atoms with Crippen molar-refractivity contribution in [2.24, 2.45) is 5.92 Å². The van der Waals surface area contributed by atoms with E-state index in [9.17, 15) is 9.90 Å². The van der Waals surface area contributed by atoms with E-state index < -0.39 is 0 Å². The molecule has 2 aliphatic rings. The second-order valence-electron chi connectivity index (χ2n) is 7.90. The molecule has 1 unspecified atom stereocenters. The molecule has 1 amide bonds. The summed E-state index contributed by atoms with van der Waals surface area (Å²) in [5.74, 6) is 0.969. The molecule has 5 heteroatoms. The average molecular weight is 380 g/mol. The van der Waals surface area contributed by atoms with Gasteiger partial charge in [0.25, 0.3) is 0 Å². The largest absolute Gasteiger partial charge is 0.508 e. The summed E-state index contributed by atoms with van der Waals surface area (Å²) in [5, 5.41) is 9.41. The molecule has 2 aliphatic heterocycles. The molecular formula is C23H28N2O3. The number of carbonyl (C=O) groups is 1. The molecule has 0 aromatic heterocycles. The molecular weight excluding hydrogens is 352 g/mol. The van der Waals surface area contributed by atoms with Gasteiger partial charge in [-0.05, 0) is 74.5 Å². The third-order valence-corrected chi connectivity index (χ3v) is 5.88. The fraction of sp³-hybridized carbons (Fsp3) is 0.435. The Morgan fingerprint density at radius 3 is 2.43 bits per heavy atom. The molecule has 2 aromatic rings. The Morgan fingerprint density at radius 2 is 1.71 bits per heavy atom. The maximum atomic E-state index is 12.2. The van der Waals surface area contributed by atoms with Crippen molar-refractivity contribution in [2.45, 2.75) is 31.8 Å². The number of phenols is 1. The van der Waals surface area contributed by atoms with Crippen LogP contribution >= 0.6 is 0 Å². The van der Waals surface area contributed by atoms with Gasteiger partial charge in [-0.25, -0.2) is 4.79 Å². The van der Waals surface area contributed by atoms with Crippen LogP contribution in [0.4, 0.5) is 10.5 Å². The van der Waals surface area contributed by atoms with Crippen LogP contribution in [0.3, 0.4) is 0 Å².